The van der Waals surface area contributed by atoms with Crippen LogP contribution in [0.25, 0.3) is 0 Å². The van der Waals surface area contributed by atoms with Crippen molar-refractivity contribution in [2.75, 3.05) is 17.7 Å². The highest BCUT2D eigenvalue weighted by Crippen LogP contribution is 2.39. The minimum absolute atomic E-state index is 0.109. The number of hydrogen-bond donors (Lipinski definition) is 2. The molecule has 3 aromatic rings. The third kappa shape index (κ3) is 3.69. The number of nitrogens with zero attached hydrogens (tertiary/aromatic N) is 2. The lowest BCUT2D eigenvalue weighted by atomic mass is 10.1. The van der Waals surface area contributed by atoms with E-state index >= 15 is 0 Å². The SMILES string of the molecule is COc1ccc(C(=O)Nc2nc3c(s2)CCC3C(=O)Nc2nccs2)cc1. The second-order valence-corrected chi connectivity index (χ2v) is 7.91. The van der Waals surface area contributed by atoms with Gasteiger partial charge in [0.2, 0.25) is 5.91 Å². The van der Waals surface area contributed by atoms with Crippen molar-refractivity contribution in [3.8, 4) is 5.75 Å². The first kappa shape index (κ1) is 17.6. The average Bonchev–Trinajstić information content (AvgIpc) is 3.39. The molecule has 9 heteroatoms. The van der Waals surface area contributed by atoms with Crippen molar-refractivity contribution in [2.45, 2.75) is 18.8 Å². The van der Waals surface area contributed by atoms with Crippen LogP contribution in [0.4, 0.5) is 10.3 Å². The van der Waals surface area contributed by atoms with Gasteiger partial charge >= 0.3 is 0 Å². The zero-order chi connectivity index (χ0) is 18.8. The van der Waals surface area contributed by atoms with Gasteiger partial charge in [0.1, 0.15) is 5.75 Å². The van der Waals surface area contributed by atoms with E-state index in [4.69, 9.17) is 4.74 Å². The van der Waals surface area contributed by atoms with Crippen LogP contribution in [-0.2, 0) is 11.2 Å². The Morgan fingerprint density at radius 3 is 2.70 bits per heavy atom. The first-order valence-corrected chi connectivity index (χ1v) is 9.99. The number of carbonyl (C=O) groups excluding carboxylic acids is 2. The summed E-state index contributed by atoms with van der Waals surface area (Å²) in [5.74, 6) is 0.0246. The van der Waals surface area contributed by atoms with Crippen LogP contribution in [0.1, 0.15) is 33.3 Å². The molecule has 1 aromatic carbocycles. The average molecular weight is 400 g/mol. The van der Waals surface area contributed by atoms with Crippen LogP contribution in [0.3, 0.4) is 0 Å². The molecule has 138 valence electrons. The highest BCUT2D eigenvalue weighted by atomic mass is 32.1. The van der Waals surface area contributed by atoms with Crippen molar-refractivity contribution in [1.82, 2.24) is 9.97 Å². The van der Waals surface area contributed by atoms with Crippen molar-refractivity contribution in [3.63, 3.8) is 0 Å². The molecule has 0 aliphatic heterocycles. The van der Waals surface area contributed by atoms with Crippen LogP contribution < -0.4 is 15.4 Å². The molecule has 0 fully saturated rings. The van der Waals surface area contributed by atoms with Gasteiger partial charge in [-0.05, 0) is 37.1 Å². The van der Waals surface area contributed by atoms with Gasteiger partial charge in [-0.25, -0.2) is 9.97 Å². The van der Waals surface area contributed by atoms with Crippen molar-refractivity contribution >= 4 is 44.8 Å². The Morgan fingerprint density at radius 2 is 2.00 bits per heavy atom. The first-order chi connectivity index (χ1) is 13.1. The maximum absolute atomic E-state index is 12.5. The normalized spacial score (nSPS) is 15.2. The lowest BCUT2D eigenvalue weighted by Crippen LogP contribution is -2.20. The Kier molecular flexibility index (Phi) is 4.87. The van der Waals surface area contributed by atoms with E-state index in [-0.39, 0.29) is 17.7 Å². The van der Waals surface area contributed by atoms with Gasteiger partial charge in [0.15, 0.2) is 10.3 Å². The molecule has 4 rings (SSSR count). The number of aryl methyl sites for hydroxylation is 1. The Morgan fingerprint density at radius 1 is 1.19 bits per heavy atom. The molecule has 2 aromatic heterocycles. The molecular formula is C18H16N4O3S2. The Hall–Kier alpha value is -2.78. The van der Waals surface area contributed by atoms with E-state index in [1.165, 1.54) is 22.7 Å². The summed E-state index contributed by atoms with van der Waals surface area (Å²) in [7, 11) is 1.58. The van der Waals surface area contributed by atoms with Crippen LogP contribution in [-0.4, -0.2) is 28.9 Å². The van der Waals surface area contributed by atoms with Crippen molar-refractivity contribution in [3.05, 3.63) is 52.0 Å². The molecule has 0 radical (unpaired) electrons. The van der Waals surface area contributed by atoms with Crippen molar-refractivity contribution < 1.29 is 14.3 Å². The number of hydrogen-bond acceptors (Lipinski definition) is 7. The number of anilines is 2. The van der Waals surface area contributed by atoms with Crippen LogP contribution >= 0.6 is 22.7 Å². The molecule has 27 heavy (non-hydrogen) atoms. The van der Waals surface area contributed by atoms with Crippen LogP contribution in [0.15, 0.2) is 35.8 Å². The van der Waals surface area contributed by atoms with Gasteiger partial charge in [-0.3, -0.25) is 14.9 Å². The van der Waals surface area contributed by atoms with Gasteiger partial charge in [-0.2, -0.15) is 0 Å². The number of carbonyl (C=O) groups is 2. The van der Waals surface area contributed by atoms with E-state index in [0.29, 0.717) is 21.6 Å². The molecule has 1 atom stereocenters. The fourth-order valence-electron chi connectivity index (χ4n) is 2.93. The molecule has 0 saturated heterocycles. The molecule has 1 aliphatic carbocycles. The van der Waals surface area contributed by atoms with Gasteiger partial charge in [0.05, 0.1) is 18.7 Å². The maximum atomic E-state index is 12.5. The highest BCUT2D eigenvalue weighted by molar-refractivity contribution is 7.16. The largest absolute Gasteiger partial charge is 0.497 e. The number of nitrogens with one attached hydrogen (secondary N) is 2. The van der Waals surface area contributed by atoms with Gasteiger partial charge in [0, 0.05) is 22.0 Å². The summed E-state index contributed by atoms with van der Waals surface area (Å²) >= 11 is 2.80. The maximum Gasteiger partial charge on any atom is 0.257 e. The summed E-state index contributed by atoms with van der Waals surface area (Å²) in [6.07, 6.45) is 3.15. The molecule has 2 heterocycles. The molecular weight excluding hydrogens is 384 g/mol. The summed E-state index contributed by atoms with van der Waals surface area (Å²) in [6, 6.07) is 6.85. The van der Waals surface area contributed by atoms with E-state index in [1.54, 1.807) is 37.6 Å². The fraction of sp³-hybridized carbons (Fsp3) is 0.222. The fourth-order valence-corrected chi connectivity index (χ4v) is 4.49. The van der Waals surface area contributed by atoms with Gasteiger partial charge in [-0.1, -0.05) is 0 Å². The van der Waals surface area contributed by atoms with E-state index < -0.39 is 0 Å². The summed E-state index contributed by atoms with van der Waals surface area (Å²) in [4.78, 5) is 34.5. The third-order valence-corrected chi connectivity index (χ3v) is 6.00. The molecule has 7 nitrogen and oxygen atoms in total. The number of ether oxygens (including phenoxy) is 1. The molecule has 1 unspecified atom stereocenters. The van der Waals surface area contributed by atoms with E-state index in [9.17, 15) is 9.59 Å². The number of methoxy groups -OCH3 is 1. The Labute approximate surface area is 163 Å². The number of amides is 2. The van der Waals surface area contributed by atoms with Crippen LogP contribution in [0.5, 0.6) is 5.75 Å². The summed E-state index contributed by atoms with van der Waals surface area (Å²) in [6.45, 7) is 0. The zero-order valence-corrected chi connectivity index (χ0v) is 16.0. The summed E-state index contributed by atoms with van der Waals surface area (Å²) in [5.41, 5.74) is 1.27. The predicted molar refractivity (Wildman–Crippen MR) is 105 cm³/mol. The minimum Gasteiger partial charge on any atom is -0.497 e. The number of rotatable bonds is 5. The predicted octanol–water partition coefficient (Wildman–Crippen LogP) is 3.53. The number of benzene rings is 1. The minimum atomic E-state index is -0.313. The number of aromatic nitrogens is 2. The van der Waals surface area contributed by atoms with Gasteiger partial charge in [0.25, 0.3) is 5.91 Å². The van der Waals surface area contributed by atoms with E-state index in [1.807, 2.05) is 5.38 Å². The Bertz CT molecular complexity index is 967. The molecule has 2 N–H and O–H groups in total. The monoisotopic (exact) mass is 400 g/mol. The lowest BCUT2D eigenvalue weighted by molar-refractivity contribution is -0.117. The zero-order valence-electron chi connectivity index (χ0n) is 14.4. The second kappa shape index (κ2) is 7.45. The van der Waals surface area contributed by atoms with E-state index in [2.05, 4.69) is 20.6 Å². The second-order valence-electron chi connectivity index (χ2n) is 5.93. The lowest BCUT2D eigenvalue weighted by Gasteiger charge is -2.08. The first-order valence-electron chi connectivity index (χ1n) is 8.29. The van der Waals surface area contributed by atoms with Gasteiger partial charge in [-0.15, -0.1) is 22.7 Å². The Balaban J connectivity index is 1.45. The topological polar surface area (TPSA) is 93.2 Å². The molecule has 1 aliphatic rings. The highest BCUT2D eigenvalue weighted by Gasteiger charge is 2.33. The smallest absolute Gasteiger partial charge is 0.257 e. The van der Waals surface area contributed by atoms with Crippen molar-refractivity contribution in [2.24, 2.45) is 0 Å². The summed E-state index contributed by atoms with van der Waals surface area (Å²) in [5, 5.41) is 8.54. The molecule has 0 saturated carbocycles. The third-order valence-electron chi connectivity index (χ3n) is 4.27. The number of fused-ring (bicyclic) bond motifs is 1. The summed E-state index contributed by atoms with van der Waals surface area (Å²) < 4.78 is 5.10. The van der Waals surface area contributed by atoms with E-state index in [0.717, 1.165) is 23.4 Å². The van der Waals surface area contributed by atoms with Crippen LogP contribution in [0.2, 0.25) is 0 Å². The molecule has 2 amide bonds. The van der Waals surface area contributed by atoms with Gasteiger partial charge < -0.3 is 10.1 Å². The molecule has 0 bridgehead atoms. The van der Waals surface area contributed by atoms with Crippen LogP contribution in [0, 0.1) is 0 Å². The molecule has 0 spiro atoms. The quantitative estimate of drug-likeness (QED) is 0.683. The standard InChI is InChI=1S/C18H16N4O3S2/c1-25-11-4-2-10(3-5-11)15(23)21-18-20-14-12(6-7-13(14)27-18)16(24)22-17-19-8-9-26-17/h2-5,8-9,12H,6-7H2,1H3,(H,19,22,24)(H,20,21,23). The number of thiazole rings is 2. The van der Waals surface area contributed by atoms with Crippen molar-refractivity contribution in [1.29, 1.82) is 0 Å².